The Morgan fingerprint density at radius 2 is 2.39 bits per heavy atom. The average Bonchev–Trinajstić information content (AvgIpc) is 2.56. The summed E-state index contributed by atoms with van der Waals surface area (Å²) in [6, 6.07) is -0.584. The Balaban J connectivity index is 2.53. The van der Waals surface area contributed by atoms with Gasteiger partial charge in [0.25, 0.3) is 5.56 Å². The number of aromatic nitrogens is 2. The molecule has 4 N–H and O–H groups in total. The lowest BCUT2D eigenvalue weighted by Crippen LogP contribution is -2.46. The largest absolute Gasteiger partial charge is 0.394 e. The third kappa shape index (κ3) is 1.89. The molecule has 0 bridgehead atoms. The number of nitrogens with one attached hydrogen (secondary N) is 1. The molecule has 0 aliphatic carbocycles. The van der Waals surface area contributed by atoms with Crippen molar-refractivity contribution in [1.29, 1.82) is 0 Å². The molecule has 0 spiro atoms. The van der Waals surface area contributed by atoms with Crippen molar-refractivity contribution >= 4 is 0 Å². The minimum atomic E-state index is -2.96. The van der Waals surface area contributed by atoms with Gasteiger partial charge in [-0.3, -0.25) is 14.3 Å². The molecule has 0 amide bonds. The summed E-state index contributed by atoms with van der Waals surface area (Å²) in [5, 5.41) is 29.4. The smallest absolute Gasteiger partial charge is 0.330 e. The zero-order chi connectivity index (χ0) is 16.2. The molecule has 8 heteroatoms. The van der Waals surface area contributed by atoms with Crippen LogP contribution in [0.5, 0.6) is 0 Å². The number of ether oxygens (including phenoxy) is 1. The normalized spacial score (nSPS) is 39.1. The van der Waals surface area contributed by atoms with Gasteiger partial charge in [-0.1, -0.05) is 0 Å². The van der Waals surface area contributed by atoms with Crippen LogP contribution in [0.15, 0.2) is 21.8 Å². The molecule has 0 saturated carbocycles. The van der Waals surface area contributed by atoms with Crippen LogP contribution < -0.4 is 11.2 Å². The van der Waals surface area contributed by atoms with Crippen LogP contribution in [0.2, 0.25) is 0 Å². The standard InChI is InChI=1S/C10H14N2O6/c1-10(17)7(15)5(4-13)18-8(10)12-3-2-6(14)11-9(12)16/h2-3,5,7-8,13,15,17H,4H2,1H3,(H,11,14,16)/t5-,7-,8-,10-/m1/s1/i2D,4D2. The number of aliphatic hydroxyl groups excluding tert-OH is 1. The lowest BCUT2D eigenvalue weighted by atomic mass is 9.96. The van der Waals surface area contributed by atoms with Gasteiger partial charge < -0.3 is 20.1 Å². The highest BCUT2D eigenvalue weighted by Gasteiger charge is 2.53. The second-order valence-electron chi connectivity index (χ2n) is 4.15. The van der Waals surface area contributed by atoms with Crippen LogP contribution in [0.25, 0.3) is 0 Å². The Bertz CT molecular complexity index is 664. The summed E-state index contributed by atoms with van der Waals surface area (Å²) in [7, 11) is 0. The van der Waals surface area contributed by atoms with E-state index in [2.05, 4.69) is 0 Å². The molecule has 1 aliphatic heterocycles. The van der Waals surface area contributed by atoms with Gasteiger partial charge in [0.15, 0.2) is 6.23 Å². The topological polar surface area (TPSA) is 125 Å². The van der Waals surface area contributed by atoms with E-state index in [9.17, 15) is 24.9 Å². The number of aromatic amines is 1. The summed E-state index contributed by atoms with van der Waals surface area (Å²) < 4.78 is 27.4. The van der Waals surface area contributed by atoms with Crippen molar-refractivity contribution in [3.05, 3.63) is 33.1 Å². The van der Waals surface area contributed by atoms with Crippen molar-refractivity contribution in [3.63, 3.8) is 0 Å². The molecule has 1 aromatic heterocycles. The zero-order valence-corrected chi connectivity index (χ0v) is 9.32. The Morgan fingerprint density at radius 3 is 2.94 bits per heavy atom. The third-order valence-corrected chi connectivity index (χ3v) is 2.83. The second kappa shape index (κ2) is 4.32. The van der Waals surface area contributed by atoms with Gasteiger partial charge in [0.2, 0.25) is 0 Å². The molecular weight excluding hydrogens is 244 g/mol. The molecule has 8 nitrogen and oxygen atoms in total. The predicted octanol–water partition coefficient (Wildman–Crippen LogP) is -2.46. The highest BCUT2D eigenvalue weighted by atomic mass is 16.6. The number of H-pyrrole nitrogens is 1. The molecule has 0 radical (unpaired) electrons. The minimum Gasteiger partial charge on any atom is -0.394 e. The first-order valence-electron chi connectivity index (χ1n) is 6.56. The monoisotopic (exact) mass is 261 g/mol. The highest BCUT2D eigenvalue weighted by Crippen LogP contribution is 2.36. The Kier molecular flexibility index (Phi) is 2.27. The fourth-order valence-electron chi connectivity index (χ4n) is 1.81. The molecule has 100 valence electrons. The van der Waals surface area contributed by atoms with E-state index >= 15 is 0 Å². The molecule has 1 aliphatic rings. The van der Waals surface area contributed by atoms with Gasteiger partial charge in [0.05, 0.1) is 10.7 Å². The first-order chi connectivity index (χ1) is 9.46. The highest BCUT2D eigenvalue weighted by molar-refractivity contribution is 5.00. The van der Waals surface area contributed by atoms with Gasteiger partial charge in [0.1, 0.15) is 17.8 Å². The summed E-state index contributed by atoms with van der Waals surface area (Å²) in [4.78, 5) is 24.7. The van der Waals surface area contributed by atoms with Gasteiger partial charge in [-0.25, -0.2) is 4.79 Å². The van der Waals surface area contributed by atoms with E-state index in [1.54, 1.807) is 0 Å². The number of aliphatic hydroxyl groups is 3. The summed E-state index contributed by atoms with van der Waals surface area (Å²) in [6.45, 7) is -1.89. The summed E-state index contributed by atoms with van der Waals surface area (Å²) in [5.41, 5.74) is -4.08. The molecular formula is C10H14N2O6. The van der Waals surface area contributed by atoms with E-state index in [1.807, 2.05) is 4.98 Å². The molecule has 2 heterocycles. The van der Waals surface area contributed by atoms with Gasteiger partial charge in [-0.05, 0) is 6.92 Å². The first-order valence-corrected chi connectivity index (χ1v) is 5.06. The fourth-order valence-corrected chi connectivity index (χ4v) is 1.81. The second-order valence-corrected chi connectivity index (χ2v) is 4.15. The maximum Gasteiger partial charge on any atom is 0.330 e. The number of nitrogens with zero attached hydrogens (tertiary/aromatic N) is 1. The number of hydrogen-bond acceptors (Lipinski definition) is 6. The van der Waals surface area contributed by atoms with E-state index in [4.69, 9.17) is 8.85 Å². The summed E-state index contributed by atoms with van der Waals surface area (Å²) in [5.74, 6) is 0. The zero-order valence-electron chi connectivity index (χ0n) is 12.3. The molecule has 1 saturated heterocycles. The molecule has 18 heavy (non-hydrogen) atoms. The van der Waals surface area contributed by atoms with E-state index < -0.39 is 47.9 Å². The number of hydrogen-bond donors (Lipinski definition) is 4. The van der Waals surface area contributed by atoms with Crippen molar-refractivity contribution < 1.29 is 24.2 Å². The predicted molar refractivity (Wildman–Crippen MR) is 58.9 cm³/mol. The number of rotatable bonds is 2. The fraction of sp³-hybridized carbons (Fsp3) is 0.600. The van der Waals surface area contributed by atoms with Gasteiger partial charge in [-0.15, -0.1) is 0 Å². The molecule has 1 fully saturated rings. The van der Waals surface area contributed by atoms with E-state index in [1.165, 1.54) is 0 Å². The van der Waals surface area contributed by atoms with Gasteiger partial charge in [0, 0.05) is 12.2 Å². The SMILES string of the molecule is [2H]c1cn([C@@H]2O[C@H](C([2H])([2H])O)[C@@H](O)[C@@]2(C)O)c(=O)[nH]c1=O. The van der Waals surface area contributed by atoms with Crippen molar-refractivity contribution in [2.75, 3.05) is 6.56 Å². The molecule has 4 atom stereocenters. The van der Waals surface area contributed by atoms with Crippen LogP contribution in [-0.2, 0) is 4.74 Å². The summed E-state index contributed by atoms with van der Waals surface area (Å²) >= 11 is 0. The van der Waals surface area contributed by atoms with Gasteiger partial charge in [-0.2, -0.15) is 0 Å². The van der Waals surface area contributed by atoms with Crippen LogP contribution in [0.4, 0.5) is 0 Å². The Hall–Kier alpha value is -1.48. The average molecular weight is 261 g/mol. The maximum atomic E-state index is 11.7. The van der Waals surface area contributed by atoms with Crippen molar-refractivity contribution in [3.8, 4) is 0 Å². The van der Waals surface area contributed by atoms with Crippen LogP contribution >= 0.6 is 0 Å². The van der Waals surface area contributed by atoms with Crippen molar-refractivity contribution in [2.45, 2.75) is 31.0 Å². The lowest BCUT2D eigenvalue weighted by Gasteiger charge is -2.27. The Labute approximate surface area is 105 Å². The quantitative estimate of drug-likeness (QED) is 0.468. The van der Waals surface area contributed by atoms with E-state index in [0.29, 0.717) is 4.57 Å². The summed E-state index contributed by atoms with van der Waals surface area (Å²) in [6.07, 6.45) is -4.45. The lowest BCUT2D eigenvalue weighted by molar-refractivity contribution is -0.0987. The van der Waals surface area contributed by atoms with E-state index in [0.717, 1.165) is 13.1 Å². The van der Waals surface area contributed by atoms with Crippen LogP contribution in [-0.4, -0.2) is 49.2 Å². The molecule has 1 aromatic rings. The van der Waals surface area contributed by atoms with Crippen molar-refractivity contribution in [2.24, 2.45) is 0 Å². The molecule has 2 rings (SSSR count). The molecule has 0 aromatic carbocycles. The van der Waals surface area contributed by atoms with Crippen LogP contribution in [0, 0.1) is 0 Å². The molecule has 0 unspecified atom stereocenters. The van der Waals surface area contributed by atoms with Crippen molar-refractivity contribution in [1.82, 2.24) is 9.55 Å². The van der Waals surface area contributed by atoms with Gasteiger partial charge >= 0.3 is 5.69 Å². The third-order valence-electron chi connectivity index (χ3n) is 2.83. The van der Waals surface area contributed by atoms with E-state index in [-0.39, 0.29) is 0 Å². The Morgan fingerprint density at radius 1 is 1.72 bits per heavy atom. The minimum absolute atomic E-state index is 0.584. The van der Waals surface area contributed by atoms with Crippen LogP contribution in [0.3, 0.4) is 0 Å². The maximum absolute atomic E-state index is 11.7. The van der Waals surface area contributed by atoms with Crippen LogP contribution in [0.1, 0.15) is 17.3 Å². The first kappa shape index (κ1) is 9.45.